The van der Waals surface area contributed by atoms with Crippen LogP contribution in [-0.4, -0.2) is 13.7 Å². The smallest absolute Gasteiger partial charge is 0.0618 e. The maximum absolute atomic E-state index is 2.52. The van der Waals surface area contributed by atoms with Gasteiger partial charge in [-0.15, -0.1) is 0 Å². The zero-order chi connectivity index (χ0) is 42.6. The Kier molecular flexibility index (Phi) is 7.69. The summed E-state index contributed by atoms with van der Waals surface area (Å²) in [5.74, 6) is 0. The minimum atomic E-state index is 1.16. The number of benzene rings is 11. The molecule has 14 aromatic rings. The number of aromatic nitrogens is 3. The number of hydrogen-bond donors (Lipinski definition) is 0. The van der Waals surface area contributed by atoms with E-state index in [1.54, 1.807) is 0 Å². The highest BCUT2D eigenvalue weighted by Crippen LogP contribution is 2.43. The summed E-state index contributed by atoms with van der Waals surface area (Å²) in [5.41, 5.74) is 15.5. The molecule has 0 amide bonds. The Labute approximate surface area is 374 Å². The van der Waals surface area contributed by atoms with Gasteiger partial charge in [-0.25, -0.2) is 0 Å². The van der Waals surface area contributed by atoms with Crippen molar-refractivity contribution < 1.29 is 0 Å². The highest BCUT2D eigenvalue weighted by atomic mass is 15.0. The molecule has 65 heavy (non-hydrogen) atoms. The second kappa shape index (κ2) is 13.9. The molecule has 302 valence electrons. The lowest BCUT2D eigenvalue weighted by Crippen LogP contribution is -1.97. The van der Waals surface area contributed by atoms with E-state index in [2.05, 4.69) is 250 Å². The summed E-state index contributed by atoms with van der Waals surface area (Å²) in [6.07, 6.45) is 0. The number of para-hydroxylation sites is 4. The van der Waals surface area contributed by atoms with Crippen LogP contribution in [-0.2, 0) is 0 Å². The molecule has 0 aliphatic heterocycles. The average molecular weight is 826 g/mol. The van der Waals surface area contributed by atoms with E-state index in [0.717, 1.165) is 11.4 Å². The number of nitrogens with zero attached hydrogens (tertiary/aromatic N) is 3. The van der Waals surface area contributed by atoms with E-state index in [-0.39, 0.29) is 0 Å². The van der Waals surface area contributed by atoms with Crippen molar-refractivity contribution in [1.82, 2.24) is 13.7 Å². The van der Waals surface area contributed by atoms with Gasteiger partial charge in [0.25, 0.3) is 0 Å². The average Bonchev–Trinajstić information content (AvgIpc) is 4.00. The van der Waals surface area contributed by atoms with Gasteiger partial charge >= 0.3 is 0 Å². The SMILES string of the molecule is c1ccc(-n2c3ccccc3c3cc(-c4ccc5c(c4)c4cc(-c6ccc7c8ccccc8n(-c8ccccc8)c7c6)ccc4n5-c4c5ccccc5cc5ccccc45)ccc32)cc1. The fraction of sp³-hybridized carbons (Fsp3) is 0. The molecule has 3 heteroatoms. The number of hydrogen-bond acceptors (Lipinski definition) is 0. The Balaban J connectivity index is 1.03. The molecule has 14 rings (SSSR count). The minimum absolute atomic E-state index is 1.16. The van der Waals surface area contributed by atoms with E-state index in [0.29, 0.717) is 0 Å². The summed E-state index contributed by atoms with van der Waals surface area (Å²) in [6.45, 7) is 0. The normalized spacial score (nSPS) is 12.0. The van der Waals surface area contributed by atoms with Crippen LogP contribution >= 0.6 is 0 Å². The van der Waals surface area contributed by atoms with Crippen molar-refractivity contribution in [3.63, 3.8) is 0 Å². The van der Waals surface area contributed by atoms with Gasteiger partial charge in [-0.3, -0.25) is 0 Å². The van der Waals surface area contributed by atoms with Crippen molar-refractivity contribution in [2.24, 2.45) is 0 Å². The first-order chi connectivity index (χ1) is 32.2. The fourth-order valence-electron chi connectivity index (χ4n) is 10.9. The van der Waals surface area contributed by atoms with Crippen LogP contribution in [0, 0.1) is 0 Å². The summed E-state index contributed by atoms with van der Waals surface area (Å²) < 4.78 is 7.32. The molecule has 11 aromatic carbocycles. The van der Waals surface area contributed by atoms with Gasteiger partial charge in [-0.05, 0) is 118 Å². The van der Waals surface area contributed by atoms with Crippen molar-refractivity contribution in [2.75, 3.05) is 0 Å². The molecule has 0 bridgehead atoms. The summed E-state index contributed by atoms with van der Waals surface area (Å²) in [6, 6.07) is 87.1. The maximum Gasteiger partial charge on any atom is 0.0618 e. The highest BCUT2D eigenvalue weighted by Gasteiger charge is 2.20. The molecule has 0 fully saturated rings. The lowest BCUT2D eigenvalue weighted by Gasteiger charge is -2.16. The van der Waals surface area contributed by atoms with Crippen LogP contribution in [0.1, 0.15) is 0 Å². The molecular weight excluding hydrogens is 787 g/mol. The van der Waals surface area contributed by atoms with Crippen LogP contribution in [0.5, 0.6) is 0 Å². The van der Waals surface area contributed by atoms with E-state index >= 15 is 0 Å². The van der Waals surface area contributed by atoms with Crippen LogP contribution in [0.4, 0.5) is 0 Å². The van der Waals surface area contributed by atoms with Crippen molar-refractivity contribution in [1.29, 1.82) is 0 Å². The third-order valence-corrected chi connectivity index (χ3v) is 13.8. The Morgan fingerprint density at radius 2 is 0.554 bits per heavy atom. The van der Waals surface area contributed by atoms with Crippen molar-refractivity contribution in [3.05, 3.63) is 237 Å². The molecule has 3 aromatic heterocycles. The maximum atomic E-state index is 2.52. The van der Waals surface area contributed by atoms with E-state index in [9.17, 15) is 0 Å². The molecule has 0 spiro atoms. The Morgan fingerprint density at radius 3 is 1.09 bits per heavy atom. The lowest BCUT2D eigenvalue weighted by molar-refractivity contribution is 1.18. The Bertz CT molecular complexity index is 4170. The van der Waals surface area contributed by atoms with Gasteiger partial charge in [-0.1, -0.05) is 152 Å². The first kappa shape index (κ1) is 35.9. The highest BCUT2D eigenvalue weighted by molar-refractivity contribution is 6.17. The van der Waals surface area contributed by atoms with E-state index < -0.39 is 0 Å². The molecule has 0 radical (unpaired) electrons. The first-order valence-corrected chi connectivity index (χ1v) is 22.4. The van der Waals surface area contributed by atoms with Gasteiger partial charge in [-0.2, -0.15) is 0 Å². The zero-order valence-corrected chi connectivity index (χ0v) is 35.4. The molecule has 0 atom stereocenters. The molecule has 0 saturated heterocycles. The molecule has 0 unspecified atom stereocenters. The summed E-state index contributed by atoms with van der Waals surface area (Å²) in [4.78, 5) is 0. The number of fused-ring (bicyclic) bond motifs is 11. The van der Waals surface area contributed by atoms with Gasteiger partial charge in [0.15, 0.2) is 0 Å². The molecule has 0 aliphatic carbocycles. The van der Waals surface area contributed by atoms with Gasteiger partial charge in [0, 0.05) is 54.5 Å². The third kappa shape index (κ3) is 5.36. The predicted octanol–water partition coefficient (Wildman–Crippen LogP) is 16.6. The van der Waals surface area contributed by atoms with Crippen LogP contribution in [0.15, 0.2) is 237 Å². The summed E-state index contributed by atoms with van der Waals surface area (Å²) in [7, 11) is 0. The van der Waals surface area contributed by atoms with E-state index in [1.165, 1.54) is 115 Å². The van der Waals surface area contributed by atoms with Crippen LogP contribution in [0.2, 0.25) is 0 Å². The molecule has 0 N–H and O–H groups in total. The lowest BCUT2D eigenvalue weighted by atomic mass is 9.98. The topological polar surface area (TPSA) is 14.8 Å². The quantitative estimate of drug-likeness (QED) is 0.154. The van der Waals surface area contributed by atoms with Crippen molar-refractivity contribution >= 4 is 87.0 Å². The van der Waals surface area contributed by atoms with Crippen LogP contribution in [0.25, 0.3) is 126 Å². The van der Waals surface area contributed by atoms with E-state index in [1.807, 2.05) is 0 Å². The van der Waals surface area contributed by atoms with Crippen LogP contribution < -0.4 is 0 Å². The summed E-state index contributed by atoms with van der Waals surface area (Å²) >= 11 is 0. The largest absolute Gasteiger partial charge is 0.309 e. The standard InChI is InChI=1S/C62H39N3/c1-3-17-46(18-4-1)63-57-26-14-12-24-51(57)53-36-40(28-32-58(53)63)41-29-33-59-54(37-41)55-38-42(30-34-60(55)65(59)62-48-21-9-7-15-44(48)35-45-16-8-10-22-49(45)62)43-27-31-52-50-23-11-13-25-56(50)64(61(52)39-43)47-19-5-2-6-20-47/h1-39H. The van der Waals surface area contributed by atoms with Crippen molar-refractivity contribution in [2.45, 2.75) is 0 Å². The molecular formula is C62H39N3. The number of rotatable bonds is 5. The second-order valence-corrected chi connectivity index (χ2v) is 17.3. The molecule has 0 aliphatic rings. The van der Waals surface area contributed by atoms with Gasteiger partial charge in [0.2, 0.25) is 0 Å². The second-order valence-electron chi connectivity index (χ2n) is 17.3. The third-order valence-electron chi connectivity index (χ3n) is 13.8. The summed E-state index contributed by atoms with van der Waals surface area (Å²) in [5, 5.41) is 12.4. The fourth-order valence-corrected chi connectivity index (χ4v) is 10.9. The van der Waals surface area contributed by atoms with E-state index in [4.69, 9.17) is 0 Å². The Morgan fingerprint density at radius 1 is 0.200 bits per heavy atom. The van der Waals surface area contributed by atoms with Crippen LogP contribution in [0.3, 0.4) is 0 Å². The minimum Gasteiger partial charge on any atom is -0.309 e. The molecule has 3 heterocycles. The van der Waals surface area contributed by atoms with Gasteiger partial charge in [0.05, 0.1) is 38.8 Å². The Hall–Kier alpha value is -8.66. The van der Waals surface area contributed by atoms with Gasteiger partial charge < -0.3 is 13.7 Å². The first-order valence-electron chi connectivity index (χ1n) is 22.4. The zero-order valence-electron chi connectivity index (χ0n) is 35.4. The molecule has 0 saturated carbocycles. The monoisotopic (exact) mass is 825 g/mol. The van der Waals surface area contributed by atoms with Gasteiger partial charge in [0.1, 0.15) is 0 Å². The predicted molar refractivity (Wildman–Crippen MR) is 275 cm³/mol. The van der Waals surface area contributed by atoms with Crippen molar-refractivity contribution in [3.8, 4) is 39.3 Å². The molecule has 3 nitrogen and oxygen atoms in total.